The topological polar surface area (TPSA) is 80.8 Å². The van der Waals surface area contributed by atoms with Crippen LogP contribution in [0.25, 0.3) is 0 Å². The van der Waals surface area contributed by atoms with Crippen LogP contribution in [0, 0.1) is 0 Å². The lowest BCUT2D eigenvalue weighted by atomic mass is 9.98. The third-order valence-electron chi connectivity index (χ3n) is 5.79. The van der Waals surface area contributed by atoms with E-state index in [1.165, 1.54) is 12.8 Å². The van der Waals surface area contributed by atoms with E-state index < -0.39 is 0 Å². The molecule has 1 aromatic heterocycles. The van der Waals surface area contributed by atoms with Crippen molar-refractivity contribution < 1.29 is 19.1 Å². The third kappa shape index (κ3) is 5.36. The highest BCUT2D eigenvalue weighted by atomic mass is 79.9. The summed E-state index contributed by atoms with van der Waals surface area (Å²) in [6, 6.07) is 11.2. The summed E-state index contributed by atoms with van der Waals surface area (Å²) in [4.78, 5) is 30.7. The Morgan fingerprint density at radius 2 is 2.03 bits per heavy atom. The zero-order chi connectivity index (χ0) is 21.8. The fourth-order valence-corrected chi connectivity index (χ4v) is 4.55. The van der Waals surface area contributed by atoms with Crippen molar-refractivity contribution in [3.63, 3.8) is 0 Å². The first-order valence-electron chi connectivity index (χ1n) is 10.6. The van der Waals surface area contributed by atoms with Crippen molar-refractivity contribution in [2.75, 3.05) is 25.5 Å². The van der Waals surface area contributed by atoms with Crippen molar-refractivity contribution >= 4 is 33.6 Å². The van der Waals surface area contributed by atoms with Crippen molar-refractivity contribution in [2.24, 2.45) is 0 Å². The Labute approximate surface area is 190 Å². The average molecular weight is 488 g/mol. The predicted octanol–water partition coefficient (Wildman–Crippen LogP) is 4.13. The number of aromatic nitrogens is 1. The summed E-state index contributed by atoms with van der Waals surface area (Å²) in [6.45, 7) is 0.498. The number of carbonyl (C=O) groups is 2. The van der Waals surface area contributed by atoms with Crippen LogP contribution in [0.15, 0.2) is 41.0 Å². The number of carbonyl (C=O) groups excluding carboxylic acids is 2. The summed E-state index contributed by atoms with van der Waals surface area (Å²) in [5.74, 6) is 1.61. The molecule has 31 heavy (non-hydrogen) atoms. The van der Waals surface area contributed by atoms with Crippen LogP contribution in [-0.2, 0) is 9.59 Å². The molecule has 1 saturated carbocycles. The Hall–Kier alpha value is -2.61. The number of ether oxygens (including phenoxy) is 2. The molecule has 1 atom stereocenters. The van der Waals surface area contributed by atoms with Crippen LogP contribution in [0.4, 0.5) is 5.82 Å². The van der Waals surface area contributed by atoms with E-state index in [1.807, 2.05) is 18.2 Å². The van der Waals surface area contributed by atoms with E-state index in [0.29, 0.717) is 29.1 Å². The fourth-order valence-electron chi connectivity index (χ4n) is 4.21. The minimum atomic E-state index is -0.264. The van der Waals surface area contributed by atoms with E-state index in [9.17, 15) is 9.59 Å². The third-order valence-corrected chi connectivity index (χ3v) is 6.23. The Balaban J connectivity index is 1.40. The molecule has 1 N–H and O–H groups in total. The number of hydrogen-bond donors (Lipinski definition) is 1. The Kier molecular flexibility index (Phi) is 6.75. The summed E-state index contributed by atoms with van der Waals surface area (Å²) < 4.78 is 12.3. The first kappa shape index (κ1) is 21.6. The second-order valence-electron chi connectivity index (χ2n) is 8.00. The minimum absolute atomic E-state index is 0.00507. The second kappa shape index (κ2) is 9.68. The van der Waals surface area contributed by atoms with Crippen molar-refractivity contribution in [1.82, 2.24) is 9.88 Å². The van der Waals surface area contributed by atoms with Crippen LogP contribution in [0.2, 0.25) is 0 Å². The molecule has 2 aliphatic rings. The molecule has 2 amide bonds. The summed E-state index contributed by atoms with van der Waals surface area (Å²) in [6.07, 6.45) is 5.10. The molecule has 2 fully saturated rings. The van der Waals surface area contributed by atoms with E-state index >= 15 is 0 Å². The van der Waals surface area contributed by atoms with Crippen LogP contribution < -0.4 is 14.8 Å². The summed E-state index contributed by atoms with van der Waals surface area (Å²) in [7, 11) is 1.64. The highest BCUT2D eigenvalue weighted by Crippen LogP contribution is 2.37. The number of rotatable bonds is 7. The van der Waals surface area contributed by atoms with Gasteiger partial charge in [-0.2, -0.15) is 0 Å². The zero-order valence-corrected chi connectivity index (χ0v) is 19.1. The smallest absolute Gasteiger partial charge is 0.245 e. The number of nitrogens with one attached hydrogen (secondary N) is 1. The van der Waals surface area contributed by atoms with Crippen LogP contribution in [0.1, 0.15) is 43.6 Å². The number of anilines is 1. The van der Waals surface area contributed by atoms with Gasteiger partial charge in [-0.1, -0.05) is 12.1 Å². The van der Waals surface area contributed by atoms with Crippen LogP contribution in [0.5, 0.6) is 11.5 Å². The van der Waals surface area contributed by atoms with Gasteiger partial charge in [0.25, 0.3) is 0 Å². The highest BCUT2D eigenvalue weighted by Gasteiger charge is 2.32. The monoisotopic (exact) mass is 487 g/mol. The number of methoxy groups -OCH3 is 1. The maximum Gasteiger partial charge on any atom is 0.245 e. The molecule has 1 aliphatic heterocycles. The molecular weight excluding hydrogens is 462 g/mol. The van der Waals surface area contributed by atoms with Crippen molar-refractivity contribution in [2.45, 2.75) is 44.1 Å². The summed E-state index contributed by atoms with van der Waals surface area (Å²) >= 11 is 3.28. The van der Waals surface area contributed by atoms with Crippen molar-refractivity contribution in [1.29, 1.82) is 0 Å². The van der Waals surface area contributed by atoms with Gasteiger partial charge in [0.15, 0.2) is 11.5 Å². The number of hydrogen-bond acceptors (Lipinski definition) is 5. The number of benzene rings is 1. The second-order valence-corrected chi connectivity index (χ2v) is 8.82. The maximum absolute atomic E-state index is 12.6. The molecular formula is C23H26BrN3O4. The van der Waals surface area contributed by atoms with Crippen LogP contribution in [0.3, 0.4) is 0 Å². The summed E-state index contributed by atoms with van der Waals surface area (Å²) in [5.41, 5.74) is 1.03. The largest absolute Gasteiger partial charge is 0.493 e. The van der Waals surface area contributed by atoms with Gasteiger partial charge in [0.1, 0.15) is 10.4 Å². The Bertz CT molecular complexity index is 962. The lowest BCUT2D eigenvalue weighted by Gasteiger charge is -2.19. The number of halogens is 1. The molecule has 7 nitrogen and oxygen atoms in total. The van der Waals surface area contributed by atoms with Crippen LogP contribution >= 0.6 is 15.9 Å². The van der Waals surface area contributed by atoms with Gasteiger partial charge in [-0.15, -0.1) is 0 Å². The van der Waals surface area contributed by atoms with E-state index in [2.05, 4.69) is 26.2 Å². The van der Waals surface area contributed by atoms with Gasteiger partial charge in [-0.25, -0.2) is 4.98 Å². The molecule has 1 saturated heterocycles. The lowest BCUT2D eigenvalue weighted by Crippen LogP contribution is -2.34. The fraction of sp³-hybridized carbons (Fsp3) is 0.435. The molecule has 0 spiro atoms. The molecule has 8 heteroatoms. The SMILES string of the molecule is COc1ccc(C2CC(=O)N(CC(=O)Nc3cccc(Br)n3)C2)cc1OC1CCCC1. The Morgan fingerprint density at radius 3 is 2.77 bits per heavy atom. The van der Waals surface area contributed by atoms with Crippen molar-refractivity contribution in [3.05, 3.63) is 46.6 Å². The molecule has 0 radical (unpaired) electrons. The molecule has 2 aromatic rings. The van der Waals surface area contributed by atoms with E-state index in [1.54, 1.807) is 30.2 Å². The number of amides is 2. The van der Waals surface area contributed by atoms with E-state index in [4.69, 9.17) is 9.47 Å². The van der Waals surface area contributed by atoms with Gasteiger partial charge in [-0.05, 0) is 71.4 Å². The molecule has 1 aromatic carbocycles. The van der Waals surface area contributed by atoms with Gasteiger partial charge in [0.2, 0.25) is 11.8 Å². The van der Waals surface area contributed by atoms with Gasteiger partial charge < -0.3 is 19.7 Å². The van der Waals surface area contributed by atoms with Crippen molar-refractivity contribution in [3.8, 4) is 11.5 Å². The number of pyridine rings is 1. The molecule has 1 unspecified atom stereocenters. The Morgan fingerprint density at radius 1 is 1.23 bits per heavy atom. The first-order chi connectivity index (χ1) is 15.0. The molecule has 164 valence electrons. The normalized spacial score (nSPS) is 19.0. The molecule has 0 bridgehead atoms. The molecule has 4 rings (SSSR count). The average Bonchev–Trinajstić information content (AvgIpc) is 3.38. The van der Waals surface area contributed by atoms with E-state index in [0.717, 1.165) is 24.2 Å². The zero-order valence-electron chi connectivity index (χ0n) is 17.5. The van der Waals surface area contributed by atoms with Gasteiger partial charge in [-0.3, -0.25) is 9.59 Å². The predicted molar refractivity (Wildman–Crippen MR) is 120 cm³/mol. The van der Waals surface area contributed by atoms with E-state index in [-0.39, 0.29) is 30.4 Å². The minimum Gasteiger partial charge on any atom is -0.493 e. The molecule has 2 heterocycles. The summed E-state index contributed by atoms with van der Waals surface area (Å²) in [5, 5.41) is 2.74. The van der Waals surface area contributed by atoms with Crippen LogP contribution in [-0.4, -0.2) is 48.0 Å². The lowest BCUT2D eigenvalue weighted by molar-refractivity contribution is -0.131. The van der Waals surface area contributed by atoms with Gasteiger partial charge in [0.05, 0.1) is 19.8 Å². The molecule has 1 aliphatic carbocycles. The quantitative estimate of drug-likeness (QED) is 0.593. The maximum atomic E-state index is 12.6. The van der Waals surface area contributed by atoms with Gasteiger partial charge >= 0.3 is 0 Å². The number of nitrogens with zero attached hydrogens (tertiary/aromatic N) is 2. The standard InChI is InChI=1S/C23H26BrN3O4/c1-30-18-10-9-15(11-19(18)31-17-5-2-3-6-17)16-12-23(29)27(13-16)14-22(28)26-21-8-4-7-20(24)25-21/h4,7-11,16-17H,2-3,5-6,12-14H2,1H3,(H,25,26,28). The highest BCUT2D eigenvalue weighted by molar-refractivity contribution is 9.10. The first-order valence-corrected chi connectivity index (χ1v) is 11.4. The van der Waals surface area contributed by atoms with Gasteiger partial charge in [0, 0.05) is 18.9 Å². The number of likely N-dealkylation sites (tertiary alicyclic amines) is 1.